The van der Waals surface area contributed by atoms with Crippen LogP contribution < -0.4 is 15.5 Å². The predicted octanol–water partition coefficient (Wildman–Crippen LogP) is 4.79. The minimum Gasteiger partial charge on any atom is -0.381 e. The maximum atomic E-state index is 12.2. The van der Waals surface area contributed by atoms with Crippen molar-refractivity contribution in [3.63, 3.8) is 0 Å². The average molecular weight is 423 g/mol. The molecule has 1 aromatic heterocycles. The Balaban J connectivity index is 1.74. The van der Waals surface area contributed by atoms with Crippen molar-refractivity contribution in [1.29, 1.82) is 0 Å². The fourth-order valence-electron chi connectivity index (χ4n) is 5.02. The third kappa shape index (κ3) is 3.41. The second-order valence-electron chi connectivity index (χ2n) is 8.37. The van der Waals surface area contributed by atoms with Crippen molar-refractivity contribution in [3.8, 4) is 11.3 Å². The topological polar surface area (TPSA) is 49.3 Å². The first-order valence-electron chi connectivity index (χ1n) is 10.8. The Morgan fingerprint density at radius 3 is 2.63 bits per heavy atom. The second kappa shape index (κ2) is 7.88. The Bertz CT molecular complexity index is 1090. The molecule has 0 atom stereocenters. The molecule has 0 unspecified atom stereocenters. The van der Waals surface area contributed by atoms with Crippen molar-refractivity contribution in [2.24, 2.45) is 7.05 Å². The average Bonchev–Trinajstić information content (AvgIpc) is 3.34. The number of benzene rings is 2. The summed E-state index contributed by atoms with van der Waals surface area (Å²) in [6.07, 6.45) is 4.95. The smallest absolute Gasteiger partial charge is 0.239 e. The molecule has 2 fully saturated rings. The Labute approximate surface area is 182 Å². The van der Waals surface area contributed by atoms with Gasteiger partial charge >= 0.3 is 0 Å². The third-order valence-electron chi connectivity index (χ3n) is 6.34. The van der Waals surface area contributed by atoms with Crippen LogP contribution in [0.15, 0.2) is 42.5 Å². The molecule has 2 aliphatic rings. The number of carbonyl (C=O) groups excluding carboxylic acids is 1. The molecule has 0 bridgehead atoms. The minimum absolute atomic E-state index is 0.0589. The number of aromatic nitrogens is 1. The molecule has 1 saturated heterocycles. The van der Waals surface area contributed by atoms with Crippen molar-refractivity contribution in [3.05, 3.63) is 47.5 Å². The molecule has 1 aliphatic heterocycles. The largest absolute Gasteiger partial charge is 0.381 e. The molecule has 2 aromatic carbocycles. The number of fused-ring (bicyclic) bond motifs is 1. The zero-order valence-electron chi connectivity index (χ0n) is 17.2. The molecule has 2 heterocycles. The Morgan fingerprint density at radius 2 is 1.90 bits per heavy atom. The summed E-state index contributed by atoms with van der Waals surface area (Å²) in [5, 5.41) is 8.52. The van der Waals surface area contributed by atoms with Gasteiger partial charge in [0.05, 0.1) is 29.1 Å². The number of nitrogens with zero attached hydrogens (tertiary/aromatic N) is 2. The lowest BCUT2D eigenvalue weighted by molar-refractivity contribution is -0.120. The number of nitrogens with one attached hydrogen (secondary N) is 2. The summed E-state index contributed by atoms with van der Waals surface area (Å²) in [7, 11) is 2.12. The number of carbonyl (C=O) groups is 1. The Morgan fingerprint density at radius 1 is 1.13 bits per heavy atom. The van der Waals surface area contributed by atoms with Crippen LogP contribution in [0.25, 0.3) is 22.2 Å². The van der Waals surface area contributed by atoms with Gasteiger partial charge in [-0.15, -0.1) is 0 Å². The minimum atomic E-state index is 0.0589. The molecular formula is C24H27ClN4O. The highest BCUT2D eigenvalue weighted by atomic mass is 35.5. The normalized spacial score (nSPS) is 17.5. The van der Waals surface area contributed by atoms with E-state index in [-0.39, 0.29) is 5.91 Å². The van der Waals surface area contributed by atoms with Crippen molar-refractivity contribution in [2.75, 3.05) is 29.9 Å². The van der Waals surface area contributed by atoms with E-state index < -0.39 is 0 Å². The summed E-state index contributed by atoms with van der Waals surface area (Å²) >= 11 is 6.61. The first-order chi connectivity index (χ1) is 14.6. The molecule has 5 nitrogen and oxygen atoms in total. The maximum Gasteiger partial charge on any atom is 0.239 e. The van der Waals surface area contributed by atoms with Crippen LogP contribution in [0.1, 0.15) is 25.7 Å². The first kappa shape index (κ1) is 19.3. The number of aryl methyl sites for hydroxylation is 1. The van der Waals surface area contributed by atoms with Crippen molar-refractivity contribution < 1.29 is 4.79 Å². The van der Waals surface area contributed by atoms with E-state index >= 15 is 0 Å². The van der Waals surface area contributed by atoms with Gasteiger partial charge in [-0.1, -0.05) is 54.8 Å². The molecule has 1 amide bonds. The second-order valence-corrected chi connectivity index (χ2v) is 8.81. The molecule has 156 valence electrons. The van der Waals surface area contributed by atoms with E-state index in [1.807, 2.05) is 18.2 Å². The van der Waals surface area contributed by atoms with Crippen LogP contribution in [0.3, 0.4) is 0 Å². The van der Waals surface area contributed by atoms with Crippen molar-refractivity contribution >= 4 is 39.8 Å². The quantitative estimate of drug-likeness (QED) is 0.635. The zero-order valence-corrected chi connectivity index (χ0v) is 18.0. The highest BCUT2D eigenvalue weighted by Gasteiger charge is 2.27. The first-order valence-corrected chi connectivity index (χ1v) is 11.1. The van der Waals surface area contributed by atoms with E-state index in [4.69, 9.17) is 11.6 Å². The Hall–Kier alpha value is -2.66. The molecular weight excluding hydrogens is 396 g/mol. The van der Waals surface area contributed by atoms with E-state index in [1.165, 1.54) is 25.7 Å². The summed E-state index contributed by atoms with van der Waals surface area (Å²) < 4.78 is 2.26. The zero-order chi connectivity index (χ0) is 20.7. The molecule has 0 radical (unpaired) electrons. The van der Waals surface area contributed by atoms with Gasteiger partial charge in [-0.05, 0) is 25.0 Å². The summed E-state index contributed by atoms with van der Waals surface area (Å²) in [6, 6.07) is 15.0. The number of rotatable bonds is 4. The molecule has 1 aliphatic carbocycles. The SMILES string of the molecule is Cn1c(-c2ccccc2)c(N2CCNC(=O)C2)c2cc(Cl)cc(NC3CCCC3)c21. The highest BCUT2D eigenvalue weighted by molar-refractivity contribution is 6.32. The summed E-state index contributed by atoms with van der Waals surface area (Å²) in [5.41, 5.74) is 5.57. The molecule has 6 heteroatoms. The van der Waals surface area contributed by atoms with Gasteiger partial charge in [0.15, 0.2) is 0 Å². The van der Waals surface area contributed by atoms with Gasteiger partial charge in [0.2, 0.25) is 5.91 Å². The lowest BCUT2D eigenvalue weighted by Crippen LogP contribution is -2.47. The number of amides is 1. The third-order valence-corrected chi connectivity index (χ3v) is 6.56. The number of halogens is 1. The molecule has 30 heavy (non-hydrogen) atoms. The van der Waals surface area contributed by atoms with Crippen LogP contribution in [0.4, 0.5) is 11.4 Å². The van der Waals surface area contributed by atoms with Gasteiger partial charge in [-0.25, -0.2) is 0 Å². The predicted molar refractivity (Wildman–Crippen MR) is 124 cm³/mol. The fraction of sp³-hybridized carbons (Fsp3) is 0.375. The van der Waals surface area contributed by atoms with Crippen LogP contribution >= 0.6 is 11.6 Å². The van der Waals surface area contributed by atoms with Crippen LogP contribution in [0, 0.1) is 0 Å². The number of anilines is 2. The van der Waals surface area contributed by atoms with E-state index in [9.17, 15) is 4.79 Å². The van der Waals surface area contributed by atoms with Crippen LogP contribution in [-0.4, -0.2) is 36.2 Å². The molecule has 3 aromatic rings. The van der Waals surface area contributed by atoms with Gasteiger partial charge in [-0.2, -0.15) is 0 Å². The van der Waals surface area contributed by atoms with Gasteiger partial charge in [-0.3, -0.25) is 4.79 Å². The van der Waals surface area contributed by atoms with E-state index in [1.54, 1.807) is 0 Å². The van der Waals surface area contributed by atoms with Gasteiger partial charge < -0.3 is 20.1 Å². The van der Waals surface area contributed by atoms with Crippen LogP contribution in [0.2, 0.25) is 5.02 Å². The van der Waals surface area contributed by atoms with Crippen molar-refractivity contribution in [2.45, 2.75) is 31.7 Å². The van der Waals surface area contributed by atoms with Gasteiger partial charge in [0.1, 0.15) is 0 Å². The summed E-state index contributed by atoms with van der Waals surface area (Å²) in [6.45, 7) is 1.79. The van der Waals surface area contributed by atoms with Crippen molar-refractivity contribution in [1.82, 2.24) is 9.88 Å². The standard InChI is InChI=1S/C24H27ClN4O/c1-28-22(16-7-3-2-4-8-16)24(29-12-11-26-21(30)15-29)19-13-17(25)14-20(23(19)28)27-18-9-5-6-10-18/h2-4,7-8,13-14,18,27H,5-6,9-12,15H2,1H3,(H,26,30). The van der Waals surface area contributed by atoms with E-state index in [0.29, 0.717) is 19.1 Å². The van der Waals surface area contributed by atoms with E-state index in [2.05, 4.69) is 51.4 Å². The van der Waals surface area contributed by atoms with Gasteiger partial charge in [0.25, 0.3) is 0 Å². The highest BCUT2D eigenvalue weighted by Crippen LogP contribution is 2.44. The van der Waals surface area contributed by atoms with E-state index in [0.717, 1.165) is 45.1 Å². The molecule has 2 N–H and O–H groups in total. The fourth-order valence-corrected chi connectivity index (χ4v) is 5.23. The van der Waals surface area contributed by atoms with Crippen LogP contribution in [-0.2, 0) is 11.8 Å². The summed E-state index contributed by atoms with van der Waals surface area (Å²) in [5.74, 6) is 0.0589. The number of piperazine rings is 1. The number of hydrogen-bond donors (Lipinski definition) is 2. The lowest BCUT2D eigenvalue weighted by Gasteiger charge is -2.29. The molecule has 5 rings (SSSR count). The van der Waals surface area contributed by atoms with Gasteiger partial charge in [0, 0.05) is 42.2 Å². The summed E-state index contributed by atoms with van der Waals surface area (Å²) in [4.78, 5) is 14.4. The molecule has 0 spiro atoms. The Kier molecular flexibility index (Phi) is 5.07. The number of hydrogen-bond acceptors (Lipinski definition) is 3. The van der Waals surface area contributed by atoms with Crippen LogP contribution in [0.5, 0.6) is 0 Å². The monoisotopic (exact) mass is 422 g/mol. The molecule has 1 saturated carbocycles. The maximum absolute atomic E-state index is 12.2. The lowest BCUT2D eigenvalue weighted by atomic mass is 10.1.